The maximum absolute atomic E-state index is 13.4. The van der Waals surface area contributed by atoms with E-state index in [2.05, 4.69) is 10.6 Å². The van der Waals surface area contributed by atoms with E-state index in [9.17, 15) is 4.79 Å². The topological polar surface area (TPSA) is 47.6 Å². The summed E-state index contributed by atoms with van der Waals surface area (Å²) in [6.45, 7) is 2.08. The van der Waals surface area contributed by atoms with Crippen molar-refractivity contribution < 1.29 is 4.79 Å². The van der Waals surface area contributed by atoms with Crippen molar-refractivity contribution in [2.45, 2.75) is 58.3 Å². The zero-order valence-electron chi connectivity index (χ0n) is 14.7. The summed E-state index contributed by atoms with van der Waals surface area (Å²) in [5, 5.41) is 7.16. The highest BCUT2D eigenvalue weighted by Crippen LogP contribution is 2.42. The number of piperazine rings is 1. The zero-order chi connectivity index (χ0) is 18.4. The Kier molecular flexibility index (Phi) is 6.17. The zero-order valence-corrected chi connectivity index (χ0v) is 18.0. The first-order valence-corrected chi connectivity index (χ1v) is 10.7. The Labute approximate surface area is 171 Å². The number of thiol groups is 2. The van der Waals surface area contributed by atoms with Crippen molar-refractivity contribution >= 4 is 54.4 Å². The molecule has 3 heterocycles. The maximum Gasteiger partial charge on any atom is 0.255 e. The van der Waals surface area contributed by atoms with Crippen LogP contribution < -0.4 is 10.6 Å². The largest absolute Gasteiger partial charge is 0.326 e. The van der Waals surface area contributed by atoms with Crippen LogP contribution in [0.2, 0.25) is 0 Å². The van der Waals surface area contributed by atoms with Crippen LogP contribution in [-0.2, 0) is 4.79 Å². The molecule has 6 unspecified atom stereocenters. The molecule has 0 saturated carbocycles. The van der Waals surface area contributed by atoms with Crippen molar-refractivity contribution in [1.82, 2.24) is 20.4 Å². The highest BCUT2D eigenvalue weighted by atomic mass is 35.5. The molecular weight excluding hydrogens is 399 g/mol. The van der Waals surface area contributed by atoms with E-state index in [4.69, 9.17) is 48.5 Å². The van der Waals surface area contributed by atoms with E-state index in [1.54, 1.807) is 4.90 Å². The van der Waals surface area contributed by atoms with E-state index in [0.717, 1.165) is 32.2 Å². The third-order valence-electron chi connectivity index (χ3n) is 6.00. The van der Waals surface area contributed by atoms with Crippen molar-refractivity contribution in [1.29, 1.82) is 0 Å². The first-order chi connectivity index (χ1) is 11.7. The average Bonchev–Trinajstić information content (AvgIpc) is 2.59. The molecule has 0 aromatic carbocycles. The van der Waals surface area contributed by atoms with E-state index in [-0.39, 0.29) is 28.7 Å². The minimum Gasteiger partial charge on any atom is -0.326 e. The molecule has 0 spiro atoms. The Morgan fingerprint density at radius 1 is 1.00 bits per heavy atom. The van der Waals surface area contributed by atoms with Crippen molar-refractivity contribution in [3.8, 4) is 0 Å². The third kappa shape index (κ3) is 3.55. The molecule has 0 radical (unpaired) electrons. The normalized spacial score (nSPS) is 47.1. The number of carbonyl (C=O) groups excluding carboxylic acids is 1. The summed E-state index contributed by atoms with van der Waals surface area (Å²) in [5.41, 5.74) is 0. The van der Waals surface area contributed by atoms with Gasteiger partial charge in [0.05, 0.1) is 0 Å². The van der Waals surface area contributed by atoms with Crippen LogP contribution in [0.1, 0.15) is 25.7 Å². The fraction of sp³-hybridized carbons (Fsp3) is 0.938. The molecule has 5 nitrogen and oxygen atoms in total. The van der Waals surface area contributed by atoms with Gasteiger partial charge in [-0.3, -0.25) is 9.69 Å². The van der Waals surface area contributed by atoms with Crippen LogP contribution in [0.5, 0.6) is 0 Å². The van der Waals surface area contributed by atoms with Crippen LogP contribution in [0.15, 0.2) is 0 Å². The summed E-state index contributed by atoms with van der Waals surface area (Å²) in [5.74, 6) is -0.0140. The number of nitrogens with one attached hydrogen (secondary N) is 2. The van der Waals surface area contributed by atoms with E-state index in [0.29, 0.717) is 13.1 Å². The molecule has 2 N–H and O–H groups in total. The smallest absolute Gasteiger partial charge is 0.255 e. The second-order valence-corrected chi connectivity index (χ2v) is 10.3. The lowest BCUT2D eigenvalue weighted by molar-refractivity contribution is -0.151. The Balaban J connectivity index is 1.80. The van der Waals surface area contributed by atoms with E-state index < -0.39 is 9.74 Å². The highest BCUT2D eigenvalue weighted by Gasteiger charge is 2.58. The number of piperidine rings is 2. The molecule has 0 bridgehead atoms. The number of rotatable bonds is 2. The lowest BCUT2D eigenvalue weighted by Gasteiger charge is -2.58. The van der Waals surface area contributed by atoms with Crippen LogP contribution in [0.25, 0.3) is 0 Å². The Hall–Kier alpha value is 0.630. The number of likely N-dealkylation sites (N-methyl/N-ethyl adjacent to an activating group) is 2. The SMILES string of the molecule is CN1C(=O)C(S)(C2CCC(Cl)CN2)N(C)CC1(S)C1CCC(Cl)CN1. The van der Waals surface area contributed by atoms with Crippen LogP contribution >= 0.6 is 48.5 Å². The van der Waals surface area contributed by atoms with Crippen molar-refractivity contribution in [2.75, 3.05) is 33.7 Å². The lowest BCUT2D eigenvalue weighted by Crippen LogP contribution is -2.78. The predicted molar refractivity (Wildman–Crippen MR) is 110 cm³/mol. The van der Waals surface area contributed by atoms with E-state index in [1.165, 1.54) is 0 Å². The Bertz CT molecular complexity index is 514. The number of amides is 1. The van der Waals surface area contributed by atoms with E-state index in [1.807, 2.05) is 19.0 Å². The molecule has 25 heavy (non-hydrogen) atoms. The molecule has 3 aliphatic heterocycles. The molecule has 1 amide bonds. The van der Waals surface area contributed by atoms with Gasteiger partial charge in [-0.1, -0.05) is 0 Å². The van der Waals surface area contributed by atoms with Crippen molar-refractivity contribution in [2.24, 2.45) is 0 Å². The molecule has 6 atom stereocenters. The van der Waals surface area contributed by atoms with Crippen LogP contribution in [-0.4, -0.2) is 82.0 Å². The minimum absolute atomic E-state index is 0.0140. The van der Waals surface area contributed by atoms with Gasteiger partial charge in [0.1, 0.15) is 4.87 Å². The molecule has 0 aromatic rings. The van der Waals surface area contributed by atoms with Crippen LogP contribution in [0, 0.1) is 0 Å². The van der Waals surface area contributed by atoms with Gasteiger partial charge >= 0.3 is 0 Å². The summed E-state index contributed by atoms with van der Waals surface area (Å²) < 4.78 is 0. The number of alkyl halides is 2. The number of nitrogens with zero attached hydrogens (tertiary/aromatic N) is 2. The van der Waals surface area contributed by atoms with Gasteiger partial charge in [-0.05, 0) is 32.7 Å². The summed E-state index contributed by atoms with van der Waals surface area (Å²) >= 11 is 22.3. The molecule has 0 aliphatic carbocycles. The quantitative estimate of drug-likeness (QED) is 0.397. The molecular formula is C16H28Cl2N4OS2. The molecule has 3 rings (SSSR count). The fourth-order valence-corrected chi connectivity index (χ4v) is 5.70. The second kappa shape index (κ2) is 7.57. The Morgan fingerprint density at radius 3 is 2.00 bits per heavy atom. The predicted octanol–water partition coefficient (Wildman–Crippen LogP) is 1.36. The molecule has 0 aromatic heterocycles. The van der Waals surface area contributed by atoms with Gasteiger partial charge in [0.25, 0.3) is 5.91 Å². The number of hydrogen-bond acceptors (Lipinski definition) is 6. The van der Waals surface area contributed by atoms with Gasteiger partial charge in [-0.15, -0.1) is 48.5 Å². The summed E-state index contributed by atoms with van der Waals surface area (Å²) in [4.78, 5) is 15.8. The molecule has 3 aliphatic rings. The minimum atomic E-state index is -0.887. The monoisotopic (exact) mass is 426 g/mol. The van der Waals surface area contributed by atoms with Gasteiger partial charge in [0.2, 0.25) is 0 Å². The van der Waals surface area contributed by atoms with Gasteiger partial charge < -0.3 is 15.5 Å². The lowest BCUT2D eigenvalue weighted by atomic mass is 9.88. The number of halogens is 2. The van der Waals surface area contributed by atoms with Crippen molar-refractivity contribution in [3.63, 3.8) is 0 Å². The molecule has 3 fully saturated rings. The Morgan fingerprint density at radius 2 is 1.52 bits per heavy atom. The first kappa shape index (κ1) is 20.4. The average molecular weight is 427 g/mol. The van der Waals surface area contributed by atoms with Crippen LogP contribution in [0.4, 0.5) is 0 Å². The second-order valence-electron chi connectivity index (χ2n) is 7.60. The van der Waals surface area contributed by atoms with Gasteiger partial charge in [-0.2, -0.15) is 0 Å². The summed E-state index contributed by atoms with van der Waals surface area (Å²) in [6.07, 6.45) is 3.55. The first-order valence-electron chi connectivity index (χ1n) is 8.88. The van der Waals surface area contributed by atoms with E-state index >= 15 is 0 Å². The summed E-state index contributed by atoms with van der Waals surface area (Å²) in [7, 11) is 3.81. The third-order valence-corrected chi connectivity index (χ3v) is 8.35. The van der Waals surface area contributed by atoms with Crippen LogP contribution in [0.3, 0.4) is 0 Å². The maximum atomic E-state index is 13.4. The molecule has 144 valence electrons. The number of carbonyl (C=O) groups is 1. The van der Waals surface area contributed by atoms with Crippen molar-refractivity contribution in [3.05, 3.63) is 0 Å². The number of hydrogen-bond donors (Lipinski definition) is 4. The fourth-order valence-electron chi connectivity index (χ4n) is 4.30. The summed E-state index contributed by atoms with van der Waals surface area (Å²) in [6, 6.07) is 0.0712. The van der Waals surface area contributed by atoms with Gasteiger partial charge in [-0.25, -0.2) is 0 Å². The molecule has 9 heteroatoms. The van der Waals surface area contributed by atoms with Gasteiger partial charge in [0, 0.05) is 49.5 Å². The van der Waals surface area contributed by atoms with Gasteiger partial charge in [0.15, 0.2) is 4.87 Å². The molecule has 3 saturated heterocycles. The standard InChI is InChI=1S/C16H28Cl2N4OS2/c1-21-9-15(24,12-5-3-10(17)7-19-12)22(2)14(23)16(21,25)13-6-4-11(18)8-20-13/h10-13,19-20,24-25H,3-9H2,1-2H3. The highest BCUT2D eigenvalue weighted by molar-refractivity contribution is 7.83.